The van der Waals surface area contributed by atoms with Gasteiger partial charge in [0.15, 0.2) is 0 Å². The molecule has 0 spiro atoms. The number of benzene rings is 3. The second kappa shape index (κ2) is 7.59. The van der Waals surface area contributed by atoms with Gasteiger partial charge < -0.3 is 5.11 Å². The lowest BCUT2D eigenvalue weighted by molar-refractivity contribution is -0.132. The van der Waals surface area contributed by atoms with Gasteiger partial charge in [0, 0.05) is 16.8 Å². The van der Waals surface area contributed by atoms with Crippen LogP contribution in [0.1, 0.15) is 28.3 Å². The molecular formula is C25H20FNO3. The molecule has 3 aromatic carbocycles. The van der Waals surface area contributed by atoms with Crippen LogP contribution in [0.3, 0.4) is 0 Å². The highest BCUT2D eigenvalue weighted by atomic mass is 19.1. The maximum absolute atomic E-state index is 14.8. The first kappa shape index (κ1) is 19.6. The number of anilines is 1. The third kappa shape index (κ3) is 3.18. The lowest BCUT2D eigenvalue weighted by Gasteiger charge is -2.25. The van der Waals surface area contributed by atoms with E-state index >= 15 is 0 Å². The summed E-state index contributed by atoms with van der Waals surface area (Å²) in [6.45, 7) is 3.67. The van der Waals surface area contributed by atoms with Crippen LogP contribution in [0.15, 0.2) is 78.4 Å². The molecule has 0 radical (unpaired) electrons. The number of carbonyl (C=O) groups is 2. The minimum Gasteiger partial charge on any atom is -0.507 e. The predicted molar refractivity (Wildman–Crippen MR) is 114 cm³/mol. The molecule has 1 unspecified atom stereocenters. The normalized spacial score (nSPS) is 18.1. The molecule has 1 amide bonds. The smallest absolute Gasteiger partial charge is 0.300 e. The number of amides is 1. The molecule has 0 saturated carbocycles. The van der Waals surface area contributed by atoms with Gasteiger partial charge in [0.05, 0.1) is 11.6 Å². The number of para-hydroxylation sites is 1. The standard InChI is InChI=1S/C25H20FNO3/c1-15-12-13-16(2)19(14-15)23(28)21-22(18-10-6-7-11-20(18)26)27(25(30)24(21)29)17-8-4-3-5-9-17/h3-14,22,28H,1-2H3/b23-21+. The Morgan fingerprint density at radius 3 is 2.30 bits per heavy atom. The second-order valence-electron chi connectivity index (χ2n) is 7.34. The van der Waals surface area contributed by atoms with Crippen molar-refractivity contribution >= 4 is 23.1 Å². The van der Waals surface area contributed by atoms with Crippen molar-refractivity contribution in [2.24, 2.45) is 0 Å². The first-order chi connectivity index (χ1) is 14.4. The Labute approximate surface area is 173 Å². The minimum absolute atomic E-state index is 0.123. The van der Waals surface area contributed by atoms with E-state index in [-0.39, 0.29) is 16.9 Å². The monoisotopic (exact) mass is 401 g/mol. The van der Waals surface area contributed by atoms with E-state index in [4.69, 9.17) is 0 Å². The SMILES string of the molecule is Cc1ccc(C)c(/C(O)=C2\C(=O)C(=O)N(c3ccccc3)C2c2ccccc2F)c1. The Morgan fingerprint density at radius 1 is 0.933 bits per heavy atom. The van der Waals surface area contributed by atoms with Gasteiger partial charge in [0.1, 0.15) is 11.6 Å². The molecule has 150 valence electrons. The number of rotatable bonds is 3. The van der Waals surface area contributed by atoms with E-state index in [2.05, 4.69) is 0 Å². The highest BCUT2D eigenvalue weighted by molar-refractivity contribution is 6.51. The van der Waals surface area contributed by atoms with Gasteiger partial charge in [-0.15, -0.1) is 0 Å². The fourth-order valence-electron chi connectivity index (χ4n) is 3.81. The molecule has 1 fully saturated rings. The summed E-state index contributed by atoms with van der Waals surface area (Å²) in [5, 5.41) is 11.2. The van der Waals surface area contributed by atoms with Crippen molar-refractivity contribution in [1.29, 1.82) is 0 Å². The summed E-state index contributed by atoms with van der Waals surface area (Å²) in [5.74, 6) is -2.51. The maximum Gasteiger partial charge on any atom is 0.300 e. The van der Waals surface area contributed by atoms with Gasteiger partial charge in [-0.2, -0.15) is 0 Å². The van der Waals surface area contributed by atoms with Crippen molar-refractivity contribution in [2.45, 2.75) is 19.9 Å². The average molecular weight is 401 g/mol. The van der Waals surface area contributed by atoms with Gasteiger partial charge in [-0.3, -0.25) is 14.5 Å². The third-order valence-electron chi connectivity index (χ3n) is 5.33. The molecule has 4 rings (SSSR count). The van der Waals surface area contributed by atoms with Gasteiger partial charge in [-0.1, -0.05) is 54.1 Å². The van der Waals surface area contributed by atoms with Crippen LogP contribution in [0.2, 0.25) is 0 Å². The molecule has 1 heterocycles. The van der Waals surface area contributed by atoms with Crippen LogP contribution >= 0.6 is 0 Å². The number of aliphatic hydroxyl groups excluding tert-OH is 1. The highest BCUT2D eigenvalue weighted by Crippen LogP contribution is 2.43. The van der Waals surface area contributed by atoms with Crippen molar-refractivity contribution in [3.63, 3.8) is 0 Å². The summed E-state index contributed by atoms with van der Waals surface area (Å²) >= 11 is 0. The van der Waals surface area contributed by atoms with Gasteiger partial charge in [-0.25, -0.2) is 4.39 Å². The number of halogens is 1. The van der Waals surface area contributed by atoms with Crippen LogP contribution in [0.25, 0.3) is 5.76 Å². The molecule has 1 aliphatic heterocycles. The summed E-state index contributed by atoms with van der Waals surface area (Å²) in [7, 11) is 0. The van der Waals surface area contributed by atoms with E-state index in [1.54, 1.807) is 49.4 Å². The fourth-order valence-corrected chi connectivity index (χ4v) is 3.81. The zero-order valence-electron chi connectivity index (χ0n) is 16.6. The molecule has 0 aromatic heterocycles. The van der Waals surface area contributed by atoms with Gasteiger partial charge in [0.2, 0.25) is 0 Å². The number of carbonyl (C=O) groups excluding carboxylic acids is 2. The summed E-state index contributed by atoms with van der Waals surface area (Å²) in [6.07, 6.45) is 0. The molecule has 1 N–H and O–H groups in total. The maximum atomic E-state index is 14.8. The van der Waals surface area contributed by atoms with Crippen molar-refractivity contribution in [2.75, 3.05) is 4.90 Å². The first-order valence-corrected chi connectivity index (χ1v) is 9.58. The molecule has 0 bridgehead atoms. The highest BCUT2D eigenvalue weighted by Gasteiger charge is 2.47. The second-order valence-corrected chi connectivity index (χ2v) is 7.34. The first-order valence-electron chi connectivity index (χ1n) is 9.58. The topological polar surface area (TPSA) is 57.6 Å². The number of ketones is 1. The zero-order chi connectivity index (χ0) is 21.4. The third-order valence-corrected chi connectivity index (χ3v) is 5.33. The molecule has 3 aromatic rings. The van der Waals surface area contributed by atoms with E-state index in [1.807, 2.05) is 19.1 Å². The van der Waals surface area contributed by atoms with Crippen LogP contribution in [-0.2, 0) is 9.59 Å². The van der Waals surface area contributed by atoms with Crippen LogP contribution in [0, 0.1) is 19.7 Å². The number of Topliss-reactive ketones (excluding diaryl/α,β-unsaturated/α-hetero) is 1. The summed E-state index contributed by atoms with van der Waals surface area (Å²) in [5.41, 5.74) is 2.56. The number of hydrogen-bond donors (Lipinski definition) is 1. The van der Waals surface area contributed by atoms with Crippen LogP contribution in [-0.4, -0.2) is 16.8 Å². The Balaban J connectivity index is 2.01. The van der Waals surface area contributed by atoms with Crippen LogP contribution in [0.5, 0.6) is 0 Å². The number of aliphatic hydroxyl groups is 1. The largest absolute Gasteiger partial charge is 0.507 e. The van der Waals surface area contributed by atoms with Crippen molar-refractivity contribution in [1.82, 2.24) is 0 Å². The number of nitrogens with zero attached hydrogens (tertiary/aromatic N) is 1. The van der Waals surface area contributed by atoms with E-state index in [0.29, 0.717) is 11.3 Å². The molecule has 5 heteroatoms. The van der Waals surface area contributed by atoms with Gasteiger partial charge >= 0.3 is 0 Å². The van der Waals surface area contributed by atoms with E-state index in [9.17, 15) is 19.1 Å². The molecular weight excluding hydrogens is 381 g/mol. The van der Waals surface area contributed by atoms with Crippen molar-refractivity contribution in [3.8, 4) is 0 Å². The molecule has 1 atom stereocenters. The summed E-state index contributed by atoms with van der Waals surface area (Å²) in [6, 6.07) is 19.0. The number of hydrogen-bond acceptors (Lipinski definition) is 3. The predicted octanol–water partition coefficient (Wildman–Crippen LogP) is 5.07. The molecule has 0 aliphatic carbocycles. The molecule has 1 saturated heterocycles. The minimum atomic E-state index is -1.08. The van der Waals surface area contributed by atoms with Gasteiger partial charge in [-0.05, 0) is 43.7 Å². The Morgan fingerprint density at radius 2 is 1.60 bits per heavy atom. The summed E-state index contributed by atoms with van der Waals surface area (Å²) < 4.78 is 14.8. The summed E-state index contributed by atoms with van der Waals surface area (Å²) in [4.78, 5) is 27.3. The molecule has 4 nitrogen and oxygen atoms in total. The van der Waals surface area contributed by atoms with E-state index in [0.717, 1.165) is 11.1 Å². The lowest BCUT2D eigenvalue weighted by atomic mass is 9.93. The quantitative estimate of drug-likeness (QED) is 0.379. The van der Waals surface area contributed by atoms with Gasteiger partial charge in [0.25, 0.3) is 11.7 Å². The zero-order valence-corrected chi connectivity index (χ0v) is 16.6. The van der Waals surface area contributed by atoms with Crippen LogP contribution in [0.4, 0.5) is 10.1 Å². The van der Waals surface area contributed by atoms with Crippen molar-refractivity contribution in [3.05, 3.63) is 106 Å². The van der Waals surface area contributed by atoms with Crippen LogP contribution < -0.4 is 4.90 Å². The Bertz CT molecular complexity index is 1180. The van der Waals surface area contributed by atoms with E-state index < -0.39 is 23.5 Å². The van der Waals surface area contributed by atoms with E-state index in [1.165, 1.54) is 23.1 Å². The Kier molecular flexibility index (Phi) is 4.96. The average Bonchev–Trinajstić information content (AvgIpc) is 3.01. The van der Waals surface area contributed by atoms with Crippen molar-refractivity contribution < 1.29 is 19.1 Å². The number of aryl methyl sites for hydroxylation is 2. The Hall–Kier alpha value is -3.73. The molecule has 1 aliphatic rings. The molecule has 30 heavy (non-hydrogen) atoms. The fraction of sp³-hybridized carbons (Fsp3) is 0.120. The lowest BCUT2D eigenvalue weighted by Crippen LogP contribution is -2.29.